The van der Waals surface area contributed by atoms with Crippen LogP contribution >= 0.6 is 12.0 Å². The molecule has 0 unspecified atom stereocenters. The van der Waals surface area contributed by atoms with Crippen LogP contribution in [0.4, 0.5) is 45.5 Å². The Balaban J connectivity index is 1.02. The number of esters is 1. The fraction of sp³-hybridized carbons (Fsp3) is 0.0233. The Labute approximate surface area is 371 Å². The first-order valence-electron chi connectivity index (χ1n) is 18.6. The van der Waals surface area contributed by atoms with Crippen LogP contribution in [0.3, 0.4) is 0 Å². The number of hydrogen-bond donors (Lipinski definition) is 6. The van der Waals surface area contributed by atoms with Gasteiger partial charge in [-0.15, -0.1) is 19.7 Å². The molecular formula is C43H32N8O12S2. The second-order valence-electron chi connectivity index (χ2n) is 13.3. The maximum atomic E-state index is 12.7. The van der Waals surface area contributed by atoms with E-state index in [-0.39, 0.29) is 67.0 Å². The van der Waals surface area contributed by atoms with Gasteiger partial charge in [-0.1, -0.05) is 53.6 Å². The Hall–Kier alpha value is -8.12. The number of carbonyl (C=O) groups excluding carboxylic acids is 2. The van der Waals surface area contributed by atoms with Gasteiger partial charge in [0.25, 0.3) is 10.1 Å². The number of nitrogens with zero attached hydrogens (tertiary/aromatic N) is 6. The summed E-state index contributed by atoms with van der Waals surface area (Å²) < 4.78 is 50.1. The zero-order valence-electron chi connectivity index (χ0n) is 33.1. The maximum absolute atomic E-state index is 12.7. The van der Waals surface area contributed by atoms with E-state index in [9.17, 15) is 32.8 Å². The summed E-state index contributed by atoms with van der Waals surface area (Å²) in [4.78, 5) is 24.5. The molecular weight excluding hydrogens is 885 g/mol. The molecule has 0 amide bonds. The van der Waals surface area contributed by atoms with Gasteiger partial charge in [0, 0.05) is 17.7 Å². The lowest BCUT2D eigenvalue weighted by molar-refractivity contribution is -0.432. The van der Waals surface area contributed by atoms with Crippen molar-refractivity contribution in [3.05, 3.63) is 145 Å². The number of aromatic hydroxyl groups is 2. The molecule has 7 rings (SSSR count). The number of nitrogens with two attached hydrogens (primary N) is 2. The molecule has 0 heterocycles. The lowest BCUT2D eigenvalue weighted by Gasteiger charge is -2.14. The summed E-state index contributed by atoms with van der Waals surface area (Å²) in [6.07, 6.45) is 0. The third kappa shape index (κ3) is 10.9. The van der Waals surface area contributed by atoms with Crippen molar-refractivity contribution < 1.29 is 56.9 Å². The number of ketones is 1. The van der Waals surface area contributed by atoms with Crippen molar-refractivity contribution in [1.29, 1.82) is 0 Å². The zero-order chi connectivity index (χ0) is 46.1. The Bertz CT molecular complexity index is 3120. The Morgan fingerprint density at radius 3 is 1.92 bits per heavy atom. The van der Waals surface area contributed by atoms with Gasteiger partial charge in [0.15, 0.2) is 18.1 Å². The average molecular weight is 917 g/mol. The van der Waals surface area contributed by atoms with Crippen LogP contribution in [0.15, 0.2) is 174 Å². The second-order valence-corrected chi connectivity index (χ2v) is 15.4. The number of anilines is 2. The Morgan fingerprint density at radius 1 is 0.677 bits per heavy atom. The first-order valence-corrected chi connectivity index (χ1v) is 20.8. The minimum absolute atomic E-state index is 0.00560. The van der Waals surface area contributed by atoms with E-state index in [1.165, 1.54) is 42.5 Å². The number of hydrogen-bond acceptors (Lipinski definition) is 20. The van der Waals surface area contributed by atoms with E-state index in [2.05, 4.69) is 40.1 Å². The predicted octanol–water partition coefficient (Wildman–Crippen LogP) is 10.6. The molecule has 328 valence electrons. The number of ether oxygens (including phenoxy) is 2. The summed E-state index contributed by atoms with van der Waals surface area (Å²) in [5, 5.41) is 58.8. The molecule has 0 spiro atoms. The number of azo groups is 3. The van der Waals surface area contributed by atoms with E-state index in [0.29, 0.717) is 34.7 Å². The number of fused-ring (bicyclic) bond motifs is 1. The predicted molar refractivity (Wildman–Crippen MR) is 236 cm³/mol. The summed E-state index contributed by atoms with van der Waals surface area (Å²) in [6.45, 7) is -0.515. The van der Waals surface area contributed by atoms with Crippen LogP contribution in [0, 0.1) is 0 Å². The molecule has 20 nitrogen and oxygen atoms in total. The van der Waals surface area contributed by atoms with Crippen LogP contribution in [0.1, 0.15) is 15.9 Å². The third-order valence-corrected chi connectivity index (χ3v) is 10.5. The SMILES string of the molecule is Nc1cc(OC(=O)COc2ccc(C(=O)c3ccccc3)c(O)c2)ccc1N=Nc1ccc(N=Nc2c(SOOO)cc3cc(S(=O)(=O)O)c(N=Nc4ccccc4)c(O)c3c2N)cc1. The molecule has 0 radical (unpaired) electrons. The van der Waals surface area contributed by atoms with Crippen molar-refractivity contribution in [1.82, 2.24) is 0 Å². The van der Waals surface area contributed by atoms with Crippen LogP contribution in [-0.4, -0.2) is 46.8 Å². The Kier molecular flexibility index (Phi) is 13.8. The highest BCUT2D eigenvalue weighted by molar-refractivity contribution is 7.94. The van der Waals surface area contributed by atoms with E-state index < -0.39 is 39.0 Å². The minimum atomic E-state index is -4.95. The fourth-order valence-electron chi connectivity index (χ4n) is 5.96. The van der Waals surface area contributed by atoms with E-state index >= 15 is 0 Å². The minimum Gasteiger partial charge on any atom is -0.507 e. The number of benzene rings is 7. The normalized spacial score (nSPS) is 11.8. The highest BCUT2D eigenvalue weighted by Gasteiger charge is 2.26. The van der Waals surface area contributed by atoms with Gasteiger partial charge in [-0.05, 0) is 78.2 Å². The monoisotopic (exact) mass is 916 g/mol. The quantitative estimate of drug-likeness (QED) is 0.00604. The highest BCUT2D eigenvalue weighted by Crippen LogP contribution is 2.49. The van der Waals surface area contributed by atoms with Gasteiger partial charge in [-0.3, -0.25) is 9.35 Å². The van der Waals surface area contributed by atoms with E-state index in [1.807, 2.05) is 0 Å². The van der Waals surface area contributed by atoms with Gasteiger partial charge in [-0.25, -0.2) is 10.1 Å². The molecule has 0 aromatic heterocycles. The lowest BCUT2D eigenvalue weighted by Crippen LogP contribution is -2.17. The van der Waals surface area contributed by atoms with Crippen molar-refractivity contribution in [3.8, 4) is 23.0 Å². The average Bonchev–Trinajstić information content (AvgIpc) is 3.29. The van der Waals surface area contributed by atoms with Crippen LogP contribution < -0.4 is 20.9 Å². The van der Waals surface area contributed by atoms with Crippen molar-refractivity contribution in [2.75, 3.05) is 18.1 Å². The summed E-state index contributed by atoms with van der Waals surface area (Å²) in [6, 6.07) is 33.6. The van der Waals surface area contributed by atoms with Crippen molar-refractivity contribution in [2.45, 2.75) is 9.79 Å². The molecule has 0 saturated heterocycles. The maximum Gasteiger partial charge on any atom is 0.349 e. The molecule has 8 N–H and O–H groups in total. The standard InChI is InChI=1S/C43H32N8O12S2/c44-32-21-30(61-37(53)23-60-29-15-17-31(34(52)22-29)42(54)24-7-3-1-4-8-24)16-18-33(32)49-46-27-11-13-28(14-12-27)48-50-40-35(64-63-62-56)19-25-20-36(65(57,58)59)41(43(55)38(25)39(40)45)51-47-26-9-5-2-6-10-26/h1-22,52,55-56H,23,44-45H2,(H,57,58,59). The summed E-state index contributed by atoms with van der Waals surface area (Å²) in [7, 11) is -4.95. The summed E-state index contributed by atoms with van der Waals surface area (Å²) in [5.41, 5.74) is 13.6. The van der Waals surface area contributed by atoms with Crippen LogP contribution in [0.2, 0.25) is 0 Å². The summed E-state index contributed by atoms with van der Waals surface area (Å²) >= 11 is 0.430. The number of phenols is 2. The molecule has 22 heteroatoms. The van der Waals surface area contributed by atoms with Gasteiger partial charge in [-0.2, -0.15) is 23.8 Å². The molecule has 0 aliphatic rings. The molecule has 0 atom stereocenters. The van der Waals surface area contributed by atoms with Crippen LogP contribution in [0.5, 0.6) is 23.0 Å². The number of nitrogen functional groups attached to an aromatic ring is 2. The molecule has 65 heavy (non-hydrogen) atoms. The van der Waals surface area contributed by atoms with Gasteiger partial charge in [0.05, 0.1) is 56.3 Å². The van der Waals surface area contributed by atoms with E-state index in [0.717, 1.165) is 6.07 Å². The van der Waals surface area contributed by atoms with Crippen molar-refractivity contribution in [2.24, 2.45) is 30.7 Å². The van der Waals surface area contributed by atoms with Gasteiger partial charge >= 0.3 is 5.97 Å². The third-order valence-electron chi connectivity index (χ3n) is 8.99. The number of phenolic OH excluding ortho intramolecular Hbond substituents is 2. The van der Waals surface area contributed by atoms with Crippen molar-refractivity contribution in [3.63, 3.8) is 0 Å². The molecule has 0 saturated carbocycles. The van der Waals surface area contributed by atoms with Crippen LogP contribution in [-0.2, 0) is 24.3 Å². The molecule has 7 aromatic carbocycles. The van der Waals surface area contributed by atoms with Gasteiger partial charge in [0.2, 0.25) is 0 Å². The topological polar surface area (TPSA) is 312 Å². The molecule has 0 fully saturated rings. The fourth-order valence-corrected chi connectivity index (χ4v) is 7.13. The summed E-state index contributed by atoms with van der Waals surface area (Å²) in [5.74, 6) is -1.95. The lowest BCUT2D eigenvalue weighted by atomic mass is 10.0. The largest absolute Gasteiger partial charge is 0.507 e. The van der Waals surface area contributed by atoms with Crippen molar-refractivity contribution >= 4 is 90.2 Å². The first kappa shape index (κ1) is 44.9. The first-order chi connectivity index (χ1) is 31.3. The highest BCUT2D eigenvalue weighted by atomic mass is 32.2. The Morgan fingerprint density at radius 2 is 1.29 bits per heavy atom. The van der Waals surface area contributed by atoms with Gasteiger partial charge < -0.3 is 31.2 Å². The van der Waals surface area contributed by atoms with E-state index in [1.54, 1.807) is 84.9 Å². The second kappa shape index (κ2) is 19.9. The van der Waals surface area contributed by atoms with E-state index in [4.69, 9.17) is 26.2 Å². The molecule has 0 aliphatic heterocycles. The van der Waals surface area contributed by atoms with Gasteiger partial charge in [0.1, 0.15) is 39.2 Å². The molecule has 0 aliphatic carbocycles. The number of carbonyl (C=O) groups is 2. The molecule has 0 bridgehead atoms. The smallest absolute Gasteiger partial charge is 0.349 e. The van der Waals surface area contributed by atoms with Crippen LogP contribution in [0.25, 0.3) is 10.8 Å². The number of rotatable bonds is 16. The molecule has 7 aromatic rings. The zero-order valence-corrected chi connectivity index (χ0v) is 34.8.